The zero-order chi connectivity index (χ0) is 13.0. The molecular weight excluding hydrogens is 206 g/mol. The Morgan fingerprint density at radius 3 is 1.94 bits per heavy atom. The van der Waals surface area contributed by atoms with Gasteiger partial charge < -0.3 is 10.1 Å². The topological polar surface area (TPSA) is 55.4 Å². The molecule has 0 fully saturated rings. The summed E-state index contributed by atoms with van der Waals surface area (Å²) >= 11 is 0. The van der Waals surface area contributed by atoms with Crippen LogP contribution in [0.3, 0.4) is 0 Å². The lowest BCUT2D eigenvalue weighted by Gasteiger charge is -2.20. The van der Waals surface area contributed by atoms with Crippen molar-refractivity contribution in [2.75, 3.05) is 13.2 Å². The van der Waals surface area contributed by atoms with Crippen LogP contribution in [0, 0.1) is 5.41 Å². The molecule has 16 heavy (non-hydrogen) atoms. The molecule has 0 rings (SSSR count). The molecule has 0 bridgehead atoms. The first-order chi connectivity index (χ1) is 7.02. The van der Waals surface area contributed by atoms with Gasteiger partial charge in [-0.1, -0.05) is 20.8 Å². The van der Waals surface area contributed by atoms with E-state index in [4.69, 9.17) is 4.74 Å². The highest BCUT2D eigenvalue weighted by Gasteiger charge is 2.21. The first-order valence-corrected chi connectivity index (χ1v) is 5.46. The molecule has 0 atom stereocenters. The van der Waals surface area contributed by atoms with Crippen molar-refractivity contribution in [1.82, 2.24) is 5.32 Å². The number of carbonyl (C=O) groups excluding carboxylic acids is 2. The highest BCUT2D eigenvalue weighted by Crippen LogP contribution is 2.13. The van der Waals surface area contributed by atoms with Crippen LogP contribution in [0.25, 0.3) is 0 Å². The minimum Gasteiger partial charge on any atom is -0.366 e. The minimum absolute atomic E-state index is 0.0107. The van der Waals surface area contributed by atoms with Gasteiger partial charge in [-0.2, -0.15) is 0 Å². The van der Waals surface area contributed by atoms with Gasteiger partial charge in [0, 0.05) is 5.41 Å². The Bertz CT molecular complexity index is 258. The lowest BCUT2D eigenvalue weighted by Crippen LogP contribution is -2.38. The Kier molecular flexibility index (Phi) is 5.13. The van der Waals surface area contributed by atoms with Gasteiger partial charge in [-0.25, -0.2) is 0 Å². The van der Waals surface area contributed by atoms with E-state index in [0.717, 1.165) is 0 Å². The number of ether oxygens (including phenoxy) is 1. The standard InChI is InChI=1S/C12H23NO3/c1-11(2,3)9(14)7-13-10(15)8-16-12(4,5)6/h7-8H2,1-6H3,(H,13,15). The second-order valence-electron chi connectivity index (χ2n) is 5.85. The maximum Gasteiger partial charge on any atom is 0.246 e. The average molecular weight is 229 g/mol. The smallest absolute Gasteiger partial charge is 0.246 e. The normalized spacial score (nSPS) is 12.4. The molecular formula is C12H23NO3. The molecule has 0 radical (unpaired) electrons. The van der Waals surface area contributed by atoms with Gasteiger partial charge >= 0.3 is 0 Å². The second kappa shape index (κ2) is 5.43. The maximum atomic E-state index is 11.5. The summed E-state index contributed by atoms with van der Waals surface area (Å²) in [7, 11) is 0. The number of hydrogen-bond acceptors (Lipinski definition) is 3. The van der Waals surface area contributed by atoms with Crippen LogP contribution in [0.4, 0.5) is 0 Å². The first kappa shape index (κ1) is 15.1. The summed E-state index contributed by atoms with van der Waals surface area (Å²) in [4.78, 5) is 22.8. The van der Waals surface area contributed by atoms with Gasteiger partial charge in [-0.05, 0) is 20.8 Å². The summed E-state index contributed by atoms with van der Waals surface area (Å²) in [5.74, 6) is -0.246. The number of hydrogen-bond donors (Lipinski definition) is 1. The molecule has 0 aliphatic rings. The molecule has 0 aliphatic heterocycles. The van der Waals surface area contributed by atoms with Crippen molar-refractivity contribution < 1.29 is 14.3 Å². The van der Waals surface area contributed by atoms with Crippen LogP contribution in [0.15, 0.2) is 0 Å². The molecule has 0 saturated carbocycles. The van der Waals surface area contributed by atoms with Crippen molar-refractivity contribution in [3.63, 3.8) is 0 Å². The van der Waals surface area contributed by atoms with Gasteiger partial charge in [-0.3, -0.25) is 9.59 Å². The molecule has 0 spiro atoms. The number of nitrogens with one attached hydrogen (secondary N) is 1. The summed E-state index contributed by atoms with van der Waals surface area (Å²) in [5.41, 5.74) is -0.760. The van der Waals surface area contributed by atoms with E-state index in [1.54, 1.807) is 0 Å². The molecule has 4 nitrogen and oxygen atoms in total. The summed E-state index contributed by atoms with van der Waals surface area (Å²) in [5, 5.41) is 2.55. The molecule has 94 valence electrons. The third-order valence-electron chi connectivity index (χ3n) is 1.92. The SMILES string of the molecule is CC(C)(C)OCC(=O)NCC(=O)C(C)(C)C. The molecule has 1 amide bonds. The fraction of sp³-hybridized carbons (Fsp3) is 0.833. The van der Waals surface area contributed by atoms with E-state index in [1.807, 2.05) is 41.5 Å². The van der Waals surface area contributed by atoms with Crippen LogP contribution in [-0.4, -0.2) is 30.4 Å². The van der Waals surface area contributed by atoms with Gasteiger partial charge in [-0.15, -0.1) is 0 Å². The van der Waals surface area contributed by atoms with Crippen molar-refractivity contribution in [2.45, 2.75) is 47.1 Å². The Balaban J connectivity index is 3.88. The van der Waals surface area contributed by atoms with Crippen LogP contribution in [-0.2, 0) is 14.3 Å². The highest BCUT2D eigenvalue weighted by atomic mass is 16.5. The maximum absolute atomic E-state index is 11.5. The number of rotatable bonds is 4. The summed E-state index contributed by atoms with van der Waals surface area (Å²) in [6.07, 6.45) is 0. The van der Waals surface area contributed by atoms with Crippen molar-refractivity contribution >= 4 is 11.7 Å². The fourth-order valence-corrected chi connectivity index (χ4v) is 0.777. The Hall–Kier alpha value is -0.900. The number of amides is 1. The zero-order valence-electron chi connectivity index (χ0n) is 11.1. The Morgan fingerprint density at radius 2 is 1.56 bits per heavy atom. The highest BCUT2D eigenvalue weighted by molar-refractivity contribution is 5.89. The Labute approximate surface area is 97.7 Å². The van der Waals surface area contributed by atoms with Gasteiger partial charge in [0.2, 0.25) is 5.91 Å². The molecule has 1 N–H and O–H groups in total. The van der Waals surface area contributed by atoms with Crippen molar-refractivity contribution in [3.05, 3.63) is 0 Å². The number of carbonyl (C=O) groups is 2. The molecule has 0 aromatic carbocycles. The van der Waals surface area contributed by atoms with E-state index in [1.165, 1.54) is 0 Å². The average Bonchev–Trinajstić information content (AvgIpc) is 2.08. The number of Topliss-reactive ketones (excluding diaryl/α,β-unsaturated/α-hetero) is 1. The molecule has 0 aromatic rings. The van der Waals surface area contributed by atoms with Gasteiger partial charge in [0.1, 0.15) is 6.61 Å². The molecule has 4 heteroatoms. The van der Waals surface area contributed by atoms with Gasteiger partial charge in [0.05, 0.1) is 12.1 Å². The van der Waals surface area contributed by atoms with Crippen molar-refractivity contribution in [3.8, 4) is 0 Å². The van der Waals surface area contributed by atoms with E-state index in [2.05, 4.69) is 5.32 Å². The second-order valence-corrected chi connectivity index (χ2v) is 5.85. The Morgan fingerprint density at radius 1 is 1.06 bits per heavy atom. The molecule has 0 aliphatic carbocycles. The third-order valence-corrected chi connectivity index (χ3v) is 1.92. The number of ketones is 1. The van der Waals surface area contributed by atoms with Crippen LogP contribution >= 0.6 is 0 Å². The molecule has 0 aromatic heterocycles. The minimum atomic E-state index is -0.418. The summed E-state index contributed by atoms with van der Waals surface area (Å²) in [6, 6.07) is 0. The van der Waals surface area contributed by atoms with E-state index in [9.17, 15) is 9.59 Å². The van der Waals surface area contributed by atoms with E-state index in [0.29, 0.717) is 0 Å². The van der Waals surface area contributed by atoms with E-state index >= 15 is 0 Å². The van der Waals surface area contributed by atoms with Gasteiger partial charge in [0.15, 0.2) is 5.78 Å². The molecule has 0 saturated heterocycles. The summed E-state index contributed by atoms with van der Waals surface area (Å²) in [6.45, 7) is 11.2. The van der Waals surface area contributed by atoms with Crippen LogP contribution in [0.2, 0.25) is 0 Å². The van der Waals surface area contributed by atoms with E-state index < -0.39 is 5.41 Å². The van der Waals surface area contributed by atoms with Crippen molar-refractivity contribution in [1.29, 1.82) is 0 Å². The predicted molar refractivity (Wildman–Crippen MR) is 63.2 cm³/mol. The van der Waals surface area contributed by atoms with Crippen LogP contribution in [0.1, 0.15) is 41.5 Å². The molecule has 0 unspecified atom stereocenters. The van der Waals surface area contributed by atoms with Crippen LogP contribution in [0.5, 0.6) is 0 Å². The quantitative estimate of drug-likeness (QED) is 0.795. The fourth-order valence-electron chi connectivity index (χ4n) is 0.777. The lowest BCUT2D eigenvalue weighted by atomic mass is 9.91. The monoisotopic (exact) mass is 229 g/mol. The zero-order valence-corrected chi connectivity index (χ0v) is 11.1. The van der Waals surface area contributed by atoms with Gasteiger partial charge in [0.25, 0.3) is 0 Å². The van der Waals surface area contributed by atoms with Crippen LogP contribution < -0.4 is 5.32 Å². The third kappa shape index (κ3) is 7.40. The first-order valence-electron chi connectivity index (χ1n) is 5.46. The largest absolute Gasteiger partial charge is 0.366 e. The lowest BCUT2D eigenvalue weighted by molar-refractivity contribution is -0.133. The predicted octanol–water partition coefficient (Wildman–Crippen LogP) is 1.53. The van der Waals surface area contributed by atoms with Crippen molar-refractivity contribution in [2.24, 2.45) is 5.41 Å². The van der Waals surface area contributed by atoms with E-state index in [-0.39, 0.29) is 30.4 Å². The summed E-state index contributed by atoms with van der Waals surface area (Å²) < 4.78 is 5.29. The molecule has 0 heterocycles.